The maximum atomic E-state index is 5.73. The van der Waals surface area contributed by atoms with E-state index in [1.165, 1.54) is 5.01 Å². The minimum Gasteiger partial charge on any atom is -0.497 e. The van der Waals surface area contributed by atoms with Gasteiger partial charge in [0.2, 0.25) is 0 Å². The molecule has 1 aromatic carbocycles. The van der Waals surface area contributed by atoms with Crippen molar-refractivity contribution < 1.29 is 9.47 Å². The van der Waals surface area contributed by atoms with Crippen molar-refractivity contribution in [1.29, 1.82) is 0 Å². The first-order valence-electron chi connectivity index (χ1n) is 7.10. The van der Waals surface area contributed by atoms with E-state index in [-0.39, 0.29) is 0 Å². The zero-order valence-corrected chi connectivity index (χ0v) is 13.7. The van der Waals surface area contributed by atoms with Crippen molar-refractivity contribution in [3.05, 3.63) is 40.3 Å². The highest BCUT2D eigenvalue weighted by molar-refractivity contribution is 7.09. The quantitative estimate of drug-likeness (QED) is 0.750. The molecule has 0 aliphatic carbocycles. The summed E-state index contributed by atoms with van der Waals surface area (Å²) in [6, 6.07) is 7.65. The number of likely N-dealkylation sites (N-methyl/N-ethyl adjacent to an activating group) is 1. The molecule has 1 aromatic heterocycles. The molecule has 4 nitrogen and oxygen atoms in total. The van der Waals surface area contributed by atoms with Gasteiger partial charge in [0.15, 0.2) is 0 Å². The van der Waals surface area contributed by atoms with E-state index in [9.17, 15) is 0 Å². The summed E-state index contributed by atoms with van der Waals surface area (Å²) in [4.78, 5) is 6.80. The lowest BCUT2D eigenvalue weighted by Gasteiger charge is -2.15. The van der Waals surface area contributed by atoms with Crippen LogP contribution >= 0.6 is 11.3 Å². The Morgan fingerprint density at radius 3 is 2.52 bits per heavy atom. The zero-order valence-electron chi connectivity index (χ0n) is 12.8. The molecular formula is C16H22N2O2S. The normalized spacial score (nSPS) is 10.9. The third-order valence-electron chi connectivity index (χ3n) is 3.13. The number of hydrogen-bond donors (Lipinski definition) is 0. The fourth-order valence-electron chi connectivity index (χ4n) is 1.93. The molecule has 21 heavy (non-hydrogen) atoms. The number of rotatable bonds is 8. The highest BCUT2D eigenvalue weighted by Gasteiger charge is 2.05. The Morgan fingerprint density at radius 2 is 1.90 bits per heavy atom. The third kappa shape index (κ3) is 5.02. The van der Waals surface area contributed by atoms with Crippen LogP contribution in [-0.2, 0) is 13.0 Å². The molecule has 0 radical (unpaired) electrons. The van der Waals surface area contributed by atoms with Gasteiger partial charge in [-0.1, -0.05) is 6.92 Å². The van der Waals surface area contributed by atoms with Crippen LogP contribution in [0.4, 0.5) is 0 Å². The van der Waals surface area contributed by atoms with Crippen LogP contribution in [0.15, 0.2) is 29.6 Å². The molecule has 0 atom stereocenters. The van der Waals surface area contributed by atoms with Gasteiger partial charge in [-0.15, -0.1) is 11.3 Å². The van der Waals surface area contributed by atoms with Crippen LogP contribution in [0.1, 0.15) is 17.6 Å². The Labute approximate surface area is 130 Å². The Balaban J connectivity index is 1.71. The molecule has 2 rings (SSSR count). The summed E-state index contributed by atoms with van der Waals surface area (Å²) >= 11 is 1.73. The molecule has 0 spiro atoms. The maximum absolute atomic E-state index is 5.73. The highest BCUT2D eigenvalue weighted by Crippen LogP contribution is 2.17. The van der Waals surface area contributed by atoms with Gasteiger partial charge < -0.3 is 9.47 Å². The van der Waals surface area contributed by atoms with Crippen LogP contribution in [0.3, 0.4) is 0 Å². The molecule has 0 amide bonds. The van der Waals surface area contributed by atoms with E-state index in [2.05, 4.69) is 29.2 Å². The Hall–Kier alpha value is -1.59. The largest absolute Gasteiger partial charge is 0.497 e. The molecule has 0 N–H and O–H groups in total. The first kappa shape index (κ1) is 15.8. The number of hydrogen-bond acceptors (Lipinski definition) is 5. The smallest absolute Gasteiger partial charge is 0.119 e. The van der Waals surface area contributed by atoms with E-state index in [0.717, 1.165) is 36.7 Å². The number of nitrogens with zero attached hydrogens (tertiary/aromatic N) is 2. The SMILES string of the molecule is CCc1nc(CN(C)CCOc2ccc(OC)cc2)cs1. The van der Waals surface area contributed by atoms with Crippen LogP contribution in [0.5, 0.6) is 11.5 Å². The summed E-state index contributed by atoms with van der Waals surface area (Å²) in [6.07, 6.45) is 1.01. The summed E-state index contributed by atoms with van der Waals surface area (Å²) < 4.78 is 10.8. The summed E-state index contributed by atoms with van der Waals surface area (Å²) in [7, 11) is 3.75. The van der Waals surface area contributed by atoms with Crippen LogP contribution in [0, 0.1) is 0 Å². The molecule has 0 unspecified atom stereocenters. The molecule has 5 heteroatoms. The van der Waals surface area contributed by atoms with Crippen LogP contribution < -0.4 is 9.47 Å². The Morgan fingerprint density at radius 1 is 1.19 bits per heavy atom. The predicted molar refractivity (Wildman–Crippen MR) is 86.3 cm³/mol. The predicted octanol–water partition coefficient (Wildman–Crippen LogP) is 3.22. The van der Waals surface area contributed by atoms with Gasteiger partial charge in [0, 0.05) is 18.5 Å². The molecule has 0 fully saturated rings. The van der Waals surface area contributed by atoms with Gasteiger partial charge in [0.25, 0.3) is 0 Å². The standard InChI is InChI=1S/C16H22N2O2S/c1-4-16-17-13(12-21-16)11-18(2)9-10-20-15-7-5-14(19-3)6-8-15/h5-8,12H,4,9-11H2,1-3H3. The molecule has 0 saturated carbocycles. The lowest BCUT2D eigenvalue weighted by Crippen LogP contribution is -2.24. The lowest BCUT2D eigenvalue weighted by atomic mass is 10.3. The van der Waals surface area contributed by atoms with Gasteiger partial charge in [-0.25, -0.2) is 4.98 Å². The fraction of sp³-hybridized carbons (Fsp3) is 0.438. The van der Waals surface area contributed by atoms with Crippen molar-refractivity contribution in [3.63, 3.8) is 0 Å². The van der Waals surface area contributed by atoms with Crippen LogP contribution in [0.2, 0.25) is 0 Å². The molecule has 1 heterocycles. The summed E-state index contributed by atoms with van der Waals surface area (Å²) in [6.45, 7) is 4.52. The highest BCUT2D eigenvalue weighted by atomic mass is 32.1. The molecule has 0 bridgehead atoms. The Bertz CT molecular complexity index is 539. The molecule has 0 saturated heterocycles. The monoisotopic (exact) mass is 306 g/mol. The second kappa shape index (κ2) is 8.00. The molecule has 0 aliphatic rings. The van der Waals surface area contributed by atoms with Gasteiger partial charge in [0.05, 0.1) is 17.8 Å². The number of ether oxygens (including phenoxy) is 2. The summed E-state index contributed by atoms with van der Waals surface area (Å²) in [5.74, 6) is 1.71. The van der Waals surface area contributed by atoms with Gasteiger partial charge in [0.1, 0.15) is 18.1 Å². The van der Waals surface area contributed by atoms with Gasteiger partial charge in [-0.05, 0) is 37.7 Å². The zero-order chi connectivity index (χ0) is 15.1. The van der Waals surface area contributed by atoms with Crippen molar-refractivity contribution in [2.75, 3.05) is 27.3 Å². The van der Waals surface area contributed by atoms with Crippen molar-refractivity contribution in [1.82, 2.24) is 9.88 Å². The van der Waals surface area contributed by atoms with E-state index in [1.807, 2.05) is 24.3 Å². The minimum atomic E-state index is 0.660. The minimum absolute atomic E-state index is 0.660. The van der Waals surface area contributed by atoms with Gasteiger partial charge >= 0.3 is 0 Å². The van der Waals surface area contributed by atoms with Crippen molar-refractivity contribution >= 4 is 11.3 Å². The van der Waals surface area contributed by atoms with E-state index in [0.29, 0.717) is 6.61 Å². The topological polar surface area (TPSA) is 34.6 Å². The fourth-order valence-corrected chi connectivity index (χ4v) is 2.67. The Kier molecular flexibility index (Phi) is 6.02. The van der Waals surface area contributed by atoms with Crippen molar-refractivity contribution in [3.8, 4) is 11.5 Å². The summed E-state index contributed by atoms with van der Waals surface area (Å²) in [5.41, 5.74) is 1.14. The van der Waals surface area contributed by atoms with Gasteiger partial charge in [-0.2, -0.15) is 0 Å². The molecular weight excluding hydrogens is 284 g/mol. The number of methoxy groups -OCH3 is 1. The van der Waals surface area contributed by atoms with Gasteiger partial charge in [-0.3, -0.25) is 4.90 Å². The first-order chi connectivity index (χ1) is 10.2. The van der Waals surface area contributed by atoms with E-state index >= 15 is 0 Å². The first-order valence-corrected chi connectivity index (χ1v) is 7.98. The number of aromatic nitrogens is 1. The van der Waals surface area contributed by atoms with Crippen molar-refractivity contribution in [2.45, 2.75) is 19.9 Å². The molecule has 114 valence electrons. The average molecular weight is 306 g/mol. The molecule has 2 aromatic rings. The van der Waals surface area contributed by atoms with E-state index in [4.69, 9.17) is 9.47 Å². The van der Waals surface area contributed by atoms with E-state index in [1.54, 1.807) is 18.4 Å². The lowest BCUT2D eigenvalue weighted by molar-refractivity contribution is 0.231. The third-order valence-corrected chi connectivity index (χ3v) is 4.18. The van der Waals surface area contributed by atoms with E-state index < -0.39 is 0 Å². The molecule has 0 aliphatic heterocycles. The summed E-state index contributed by atoms with van der Waals surface area (Å²) in [5, 5.41) is 3.34. The number of thiazole rings is 1. The number of aryl methyl sites for hydroxylation is 1. The maximum Gasteiger partial charge on any atom is 0.119 e. The number of benzene rings is 1. The van der Waals surface area contributed by atoms with Crippen molar-refractivity contribution in [2.24, 2.45) is 0 Å². The average Bonchev–Trinajstić information content (AvgIpc) is 2.95. The van der Waals surface area contributed by atoms with Crippen LogP contribution in [-0.4, -0.2) is 37.2 Å². The van der Waals surface area contributed by atoms with Crippen LogP contribution in [0.25, 0.3) is 0 Å². The second-order valence-corrected chi connectivity index (χ2v) is 5.79. The second-order valence-electron chi connectivity index (χ2n) is 4.85.